The summed E-state index contributed by atoms with van der Waals surface area (Å²) in [4.78, 5) is 4.38. The maximum atomic E-state index is 6.01. The molecule has 0 aliphatic carbocycles. The van der Waals surface area contributed by atoms with Crippen LogP contribution >= 0.6 is 11.8 Å². The zero-order valence-electron chi connectivity index (χ0n) is 10.8. The number of nitrogens with zero attached hydrogens (tertiary/aromatic N) is 2. The Kier molecular flexibility index (Phi) is 3.91. The summed E-state index contributed by atoms with van der Waals surface area (Å²) >= 11 is 1.78. The Hall–Kier alpha value is -1.49. The Labute approximate surface area is 111 Å². The average Bonchev–Trinajstić information content (AvgIpc) is 2.78. The van der Waals surface area contributed by atoms with E-state index in [-0.39, 0.29) is 0 Å². The minimum atomic E-state index is 0.496. The third-order valence-electron chi connectivity index (χ3n) is 2.57. The lowest BCUT2D eigenvalue weighted by atomic mass is 10.1. The lowest BCUT2D eigenvalue weighted by Crippen LogP contribution is -1.94. The maximum absolute atomic E-state index is 6.01. The summed E-state index contributed by atoms with van der Waals surface area (Å²) in [6.07, 6.45) is 0. The molecule has 0 saturated carbocycles. The van der Waals surface area contributed by atoms with Crippen LogP contribution in [0.5, 0.6) is 0 Å². The van der Waals surface area contributed by atoms with Gasteiger partial charge >= 0.3 is 0 Å². The summed E-state index contributed by atoms with van der Waals surface area (Å²) in [6, 6.07) is 5.80. The summed E-state index contributed by atoms with van der Waals surface area (Å²) in [5, 5.41) is 4.52. The molecule has 4 nitrogen and oxygen atoms in total. The van der Waals surface area contributed by atoms with E-state index in [1.165, 1.54) is 0 Å². The quantitative estimate of drug-likeness (QED) is 0.858. The van der Waals surface area contributed by atoms with Crippen LogP contribution in [0.2, 0.25) is 0 Å². The van der Waals surface area contributed by atoms with E-state index in [0.29, 0.717) is 22.7 Å². The molecule has 1 heterocycles. The second-order valence-corrected chi connectivity index (χ2v) is 5.98. The molecule has 0 amide bonds. The first-order valence-electron chi connectivity index (χ1n) is 5.87. The molecule has 2 aromatic rings. The van der Waals surface area contributed by atoms with Crippen LogP contribution in [0.4, 0.5) is 5.69 Å². The number of rotatable bonds is 4. The number of anilines is 1. The summed E-state index contributed by atoms with van der Waals surface area (Å²) in [6.45, 7) is 6.25. The Morgan fingerprint density at radius 2 is 2.17 bits per heavy atom. The van der Waals surface area contributed by atoms with Crippen molar-refractivity contribution < 1.29 is 4.52 Å². The third kappa shape index (κ3) is 2.85. The van der Waals surface area contributed by atoms with Gasteiger partial charge in [-0.25, -0.2) is 0 Å². The molecule has 18 heavy (non-hydrogen) atoms. The number of hydrogen-bond acceptors (Lipinski definition) is 5. The predicted octanol–water partition coefficient (Wildman–Crippen LogP) is 3.27. The highest BCUT2D eigenvalue weighted by Crippen LogP contribution is 2.27. The largest absolute Gasteiger partial charge is 0.398 e. The van der Waals surface area contributed by atoms with Crippen LogP contribution in [-0.2, 0) is 5.75 Å². The van der Waals surface area contributed by atoms with Gasteiger partial charge in [0.25, 0.3) is 5.89 Å². The number of thioether (sulfide) groups is 1. The van der Waals surface area contributed by atoms with Crippen molar-refractivity contribution in [1.29, 1.82) is 0 Å². The second-order valence-electron chi connectivity index (χ2n) is 4.41. The van der Waals surface area contributed by atoms with Crippen molar-refractivity contribution in [3.63, 3.8) is 0 Å². The van der Waals surface area contributed by atoms with Crippen molar-refractivity contribution in [3.8, 4) is 11.5 Å². The highest BCUT2D eigenvalue weighted by atomic mass is 32.2. The molecule has 1 aromatic heterocycles. The summed E-state index contributed by atoms with van der Waals surface area (Å²) in [5.74, 6) is 1.97. The SMILES string of the molecule is Cc1cccc(-c2nc(CSC(C)C)no2)c1N. The molecule has 0 atom stereocenters. The summed E-state index contributed by atoms with van der Waals surface area (Å²) < 4.78 is 5.26. The van der Waals surface area contributed by atoms with E-state index in [1.807, 2.05) is 25.1 Å². The van der Waals surface area contributed by atoms with E-state index < -0.39 is 0 Å². The van der Waals surface area contributed by atoms with Crippen LogP contribution in [0.25, 0.3) is 11.5 Å². The fraction of sp³-hybridized carbons (Fsp3) is 0.385. The second kappa shape index (κ2) is 5.44. The average molecular weight is 263 g/mol. The molecule has 0 aliphatic rings. The fourth-order valence-electron chi connectivity index (χ4n) is 1.53. The van der Waals surface area contributed by atoms with Crippen LogP contribution in [0.1, 0.15) is 25.2 Å². The Morgan fingerprint density at radius 1 is 1.39 bits per heavy atom. The molecular weight excluding hydrogens is 246 g/mol. The molecule has 5 heteroatoms. The molecule has 2 rings (SSSR count). The summed E-state index contributed by atoms with van der Waals surface area (Å²) in [7, 11) is 0. The molecular formula is C13H17N3OS. The van der Waals surface area contributed by atoms with Crippen molar-refractivity contribution in [2.75, 3.05) is 5.73 Å². The Morgan fingerprint density at radius 3 is 2.89 bits per heavy atom. The highest BCUT2D eigenvalue weighted by molar-refractivity contribution is 7.99. The molecule has 0 unspecified atom stereocenters. The van der Waals surface area contributed by atoms with E-state index in [0.717, 1.165) is 16.9 Å². The van der Waals surface area contributed by atoms with Gasteiger partial charge in [-0.3, -0.25) is 0 Å². The first-order valence-corrected chi connectivity index (χ1v) is 6.92. The molecule has 0 saturated heterocycles. The zero-order valence-corrected chi connectivity index (χ0v) is 11.6. The van der Waals surface area contributed by atoms with Crippen molar-refractivity contribution >= 4 is 17.4 Å². The number of nitrogen functional groups attached to an aromatic ring is 1. The third-order valence-corrected chi connectivity index (χ3v) is 3.66. The van der Waals surface area contributed by atoms with Crippen LogP contribution in [-0.4, -0.2) is 15.4 Å². The van der Waals surface area contributed by atoms with E-state index in [1.54, 1.807) is 11.8 Å². The molecule has 0 bridgehead atoms. The van der Waals surface area contributed by atoms with Gasteiger partial charge < -0.3 is 10.3 Å². The van der Waals surface area contributed by atoms with Gasteiger partial charge in [-0.05, 0) is 23.8 Å². The molecule has 0 radical (unpaired) electrons. The Bertz CT molecular complexity index is 537. The van der Waals surface area contributed by atoms with Gasteiger partial charge in [-0.15, -0.1) is 0 Å². The van der Waals surface area contributed by atoms with Crippen molar-refractivity contribution in [2.24, 2.45) is 0 Å². The number of aromatic nitrogens is 2. The van der Waals surface area contributed by atoms with Gasteiger partial charge in [0, 0.05) is 5.69 Å². The highest BCUT2D eigenvalue weighted by Gasteiger charge is 2.12. The normalized spacial score (nSPS) is 11.1. The minimum Gasteiger partial charge on any atom is -0.398 e. The van der Waals surface area contributed by atoms with Crippen molar-refractivity contribution in [1.82, 2.24) is 10.1 Å². The first kappa shape index (κ1) is 13.0. The number of hydrogen-bond donors (Lipinski definition) is 1. The van der Waals surface area contributed by atoms with Crippen LogP contribution in [0.3, 0.4) is 0 Å². The lowest BCUT2D eigenvalue weighted by Gasteiger charge is -2.03. The summed E-state index contributed by atoms with van der Waals surface area (Å²) in [5.41, 5.74) is 8.54. The molecule has 0 aliphatic heterocycles. The smallest absolute Gasteiger partial charge is 0.260 e. The van der Waals surface area contributed by atoms with Gasteiger partial charge in [-0.1, -0.05) is 31.1 Å². The molecule has 96 valence electrons. The van der Waals surface area contributed by atoms with E-state index >= 15 is 0 Å². The molecule has 0 fully saturated rings. The number of aryl methyl sites for hydroxylation is 1. The standard InChI is InChI=1S/C13H17N3OS/c1-8(2)18-7-11-15-13(17-16-11)10-6-4-5-9(3)12(10)14/h4-6,8H,7,14H2,1-3H3. The monoisotopic (exact) mass is 263 g/mol. The van der Waals surface area contributed by atoms with Crippen LogP contribution < -0.4 is 5.73 Å². The molecule has 0 spiro atoms. The van der Waals surface area contributed by atoms with E-state index in [2.05, 4.69) is 24.0 Å². The van der Waals surface area contributed by atoms with E-state index in [9.17, 15) is 0 Å². The predicted molar refractivity (Wildman–Crippen MR) is 75.3 cm³/mol. The van der Waals surface area contributed by atoms with Crippen molar-refractivity contribution in [3.05, 3.63) is 29.6 Å². The van der Waals surface area contributed by atoms with Crippen LogP contribution in [0, 0.1) is 6.92 Å². The van der Waals surface area contributed by atoms with Gasteiger partial charge in [-0.2, -0.15) is 16.7 Å². The van der Waals surface area contributed by atoms with Gasteiger partial charge in [0.15, 0.2) is 5.82 Å². The number of para-hydroxylation sites is 1. The van der Waals surface area contributed by atoms with E-state index in [4.69, 9.17) is 10.3 Å². The van der Waals surface area contributed by atoms with Crippen molar-refractivity contribution in [2.45, 2.75) is 31.8 Å². The fourth-order valence-corrected chi connectivity index (χ4v) is 2.13. The zero-order chi connectivity index (χ0) is 13.1. The lowest BCUT2D eigenvalue weighted by molar-refractivity contribution is 0.425. The number of nitrogens with two attached hydrogens (primary N) is 1. The Balaban J connectivity index is 2.21. The minimum absolute atomic E-state index is 0.496. The molecule has 2 N–H and O–H groups in total. The van der Waals surface area contributed by atoms with Gasteiger partial charge in [0.05, 0.1) is 11.3 Å². The van der Waals surface area contributed by atoms with Gasteiger partial charge in [0.1, 0.15) is 0 Å². The topological polar surface area (TPSA) is 64.9 Å². The van der Waals surface area contributed by atoms with Crippen LogP contribution in [0.15, 0.2) is 22.7 Å². The van der Waals surface area contributed by atoms with Gasteiger partial charge in [0.2, 0.25) is 0 Å². The number of benzene rings is 1. The first-order chi connectivity index (χ1) is 8.58. The maximum Gasteiger partial charge on any atom is 0.260 e. The molecule has 1 aromatic carbocycles.